The lowest BCUT2D eigenvalue weighted by molar-refractivity contribution is 0.501. The van der Waals surface area contributed by atoms with Crippen LogP contribution in [0.5, 0.6) is 0 Å². The van der Waals surface area contributed by atoms with Crippen molar-refractivity contribution in [3.8, 4) is 0 Å². The Morgan fingerprint density at radius 1 is 1.11 bits per heavy atom. The molecule has 0 amide bonds. The molecule has 0 N–H and O–H groups in total. The summed E-state index contributed by atoms with van der Waals surface area (Å²) >= 11 is 6.21. The third kappa shape index (κ3) is 4.07. The maximum absolute atomic E-state index is 6.21. The fourth-order valence-electron chi connectivity index (χ4n) is 2.39. The molecule has 3 nitrogen and oxygen atoms in total. The van der Waals surface area contributed by atoms with Crippen molar-refractivity contribution in [1.82, 2.24) is 9.97 Å². The summed E-state index contributed by atoms with van der Waals surface area (Å²) < 4.78 is 0. The van der Waals surface area contributed by atoms with E-state index in [-0.39, 0.29) is 0 Å². The van der Waals surface area contributed by atoms with Crippen LogP contribution < -0.4 is 4.90 Å². The first-order valence-electron chi connectivity index (χ1n) is 7.18. The SMILES string of the molecule is CCC(CC)N(CC(C)C)c1nc(C)nc(Cl)c1C. The zero-order valence-electron chi connectivity index (χ0n) is 13.0. The summed E-state index contributed by atoms with van der Waals surface area (Å²) in [4.78, 5) is 11.3. The molecule has 0 bridgehead atoms. The minimum Gasteiger partial charge on any atom is -0.353 e. The molecule has 0 aromatic carbocycles. The minimum absolute atomic E-state index is 0.506. The van der Waals surface area contributed by atoms with Gasteiger partial charge in [-0.25, -0.2) is 9.97 Å². The van der Waals surface area contributed by atoms with Gasteiger partial charge in [0.2, 0.25) is 0 Å². The van der Waals surface area contributed by atoms with Crippen LogP contribution in [0.1, 0.15) is 51.9 Å². The van der Waals surface area contributed by atoms with Gasteiger partial charge in [0, 0.05) is 18.2 Å². The van der Waals surface area contributed by atoms with Crippen LogP contribution in [0, 0.1) is 19.8 Å². The number of anilines is 1. The van der Waals surface area contributed by atoms with Gasteiger partial charge < -0.3 is 4.90 Å². The summed E-state index contributed by atoms with van der Waals surface area (Å²) in [6, 6.07) is 0.506. The Bertz CT molecular complexity index is 414. The summed E-state index contributed by atoms with van der Waals surface area (Å²) in [5, 5.41) is 0.571. The van der Waals surface area contributed by atoms with Gasteiger partial charge in [-0.15, -0.1) is 0 Å². The molecule has 19 heavy (non-hydrogen) atoms. The van der Waals surface area contributed by atoms with Gasteiger partial charge >= 0.3 is 0 Å². The fraction of sp³-hybridized carbons (Fsp3) is 0.733. The van der Waals surface area contributed by atoms with E-state index in [4.69, 9.17) is 11.6 Å². The molecule has 0 aliphatic heterocycles. The van der Waals surface area contributed by atoms with Gasteiger partial charge in [-0.1, -0.05) is 39.3 Å². The van der Waals surface area contributed by atoms with Crippen molar-refractivity contribution in [3.05, 3.63) is 16.5 Å². The highest BCUT2D eigenvalue weighted by molar-refractivity contribution is 6.30. The molecule has 1 aromatic rings. The molecule has 0 aliphatic carbocycles. The topological polar surface area (TPSA) is 29.0 Å². The Hall–Kier alpha value is -0.830. The number of rotatable bonds is 6. The Labute approximate surface area is 122 Å². The number of halogens is 1. The Balaban J connectivity index is 3.23. The number of nitrogens with zero attached hydrogens (tertiary/aromatic N) is 3. The van der Waals surface area contributed by atoms with Gasteiger partial charge in [-0.3, -0.25) is 0 Å². The van der Waals surface area contributed by atoms with Crippen LogP contribution in [-0.2, 0) is 0 Å². The Morgan fingerprint density at radius 3 is 2.16 bits per heavy atom. The highest BCUT2D eigenvalue weighted by Gasteiger charge is 2.21. The minimum atomic E-state index is 0.506. The van der Waals surface area contributed by atoms with E-state index < -0.39 is 0 Å². The first-order chi connectivity index (χ1) is 8.90. The van der Waals surface area contributed by atoms with Gasteiger partial charge in [0.25, 0.3) is 0 Å². The molecule has 0 saturated heterocycles. The summed E-state index contributed by atoms with van der Waals surface area (Å²) in [6.07, 6.45) is 2.23. The Morgan fingerprint density at radius 2 is 1.68 bits per heavy atom. The molecule has 1 aromatic heterocycles. The van der Waals surface area contributed by atoms with E-state index in [1.165, 1.54) is 0 Å². The molecule has 0 saturated carbocycles. The van der Waals surface area contributed by atoms with Gasteiger partial charge in [-0.05, 0) is 32.6 Å². The van der Waals surface area contributed by atoms with Crippen molar-refractivity contribution in [1.29, 1.82) is 0 Å². The molecule has 1 heterocycles. The zero-order valence-corrected chi connectivity index (χ0v) is 13.8. The smallest absolute Gasteiger partial charge is 0.137 e. The van der Waals surface area contributed by atoms with Crippen molar-refractivity contribution in [3.63, 3.8) is 0 Å². The largest absolute Gasteiger partial charge is 0.353 e. The highest BCUT2D eigenvalue weighted by atomic mass is 35.5. The molecule has 4 heteroatoms. The second-order valence-corrected chi connectivity index (χ2v) is 5.88. The van der Waals surface area contributed by atoms with Crippen molar-refractivity contribution < 1.29 is 0 Å². The van der Waals surface area contributed by atoms with Crippen molar-refractivity contribution in [2.75, 3.05) is 11.4 Å². The lowest BCUT2D eigenvalue weighted by atomic mass is 10.1. The van der Waals surface area contributed by atoms with Gasteiger partial charge in [0.1, 0.15) is 16.8 Å². The van der Waals surface area contributed by atoms with Gasteiger partial charge in [0.15, 0.2) is 0 Å². The molecule has 1 rings (SSSR count). The van der Waals surface area contributed by atoms with Crippen LogP contribution in [0.2, 0.25) is 5.15 Å². The van der Waals surface area contributed by atoms with Crippen LogP contribution in [-0.4, -0.2) is 22.6 Å². The third-order valence-corrected chi connectivity index (χ3v) is 3.76. The van der Waals surface area contributed by atoms with E-state index in [1.54, 1.807) is 0 Å². The van der Waals surface area contributed by atoms with Crippen LogP contribution in [0.3, 0.4) is 0 Å². The fourth-order valence-corrected chi connectivity index (χ4v) is 2.60. The summed E-state index contributed by atoms with van der Waals surface area (Å²) in [5.41, 5.74) is 0.986. The summed E-state index contributed by atoms with van der Waals surface area (Å²) in [6.45, 7) is 13.8. The first-order valence-corrected chi connectivity index (χ1v) is 7.55. The number of aryl methyl sites for hydroxylation is 1. The van der Waals surface area contributed by atoms with Crippen molar-refractivity contribution in [2.24, 2.45) is 5.92 Å². The van der Waals surface area contributed by atoms with E-state index in [1.807, 2.05) is 13.8 Å². The number of hydrogen-bond acceptors (Lipinski definition) is 3. The lowest BCUT2D eigenvalue weighted by Gasteiger charge is -2.34. The molecule has 0 atom stereocenters. The van der Waals surface area contributed by atoms with E-state index >= 15 is 0 Å². The molecule has 108 valence electrons. The molecule has 0 radical (unpaired) electrons. The molecule has 0 unspecified atom stereocenters. The predicted octanol–water partition coefficient (Wildman–Crippen LogP) is 4.40. The maximum Gasteiger partial charge on any atom is 0.137 e. The van der Waals surface area contributed by atoms with Crippen molar-refractivity contribution in [2.45, 2.75) is 60.4 Å². The lowest BCUT2D eigenvalue weighted by Crippen LogP contribution is -2.38. The molecular weight excluding hydrogens is 258 g/mol. The molecule has 0 spiro atoms. The summed E-state index contributed by atoms with van der Waals surface area (Å²) in [7, 11) is 0. The van der Waals surface area contributed by atoms with E-state index in [0.29, 0.717) is 17.1 Å². The first kappa shape index (κ1) is 16.2. The monoisotopic (exact) mass is 283 g/mol. The third-order valence-electron chi connectivity index (χ3n) is 3.39. The highest BCUT2D eigenvalue weighted by Crippen LogP contribution is 2.27. The van der Waals surface area contributed by atoms with Crippen LogP contribution in [0.15, 0.2) is 0 Å². The summed E-state index contributed by atoms with van der Waals surface area (Å²) in [5.74, 6) is 2.33. The number of aromatic nitrogens is 2. The average Bonchev–Trinajstić information content (AvgIpc) is 2.33. The number of hydrogen-bond donors (Lipinski definition) is 0. The standard InChI is InChI=1S/C15H26ClN3/c1-7-13(8-2)19(9-10(3)4)15-11(5)14(16)17-12(6)18-15/h10,13H,7-9H2,1-6H3. The van der Waals surface area contributed by atoms with E-state index in [0.717, 1.165) is 36.6 Å². The van der Waals surface area contributed by atoms with E-state index in [9.17, 15) is 0 Å². The second-order valence-electron chi connectivity index (χ2n) is 5.53. The Kier molecular flexibility index (Phi) is 6.05. The quantitative estimate of drug-likeness (QED) is 0.725. The second kappa shape index (κ2) is 7.09. The maximum atomic E-state index is 6.21. The van der Waals surface area contributed by atoms with Gasteiger partial charge in [0.05, 0.1) is 0 Å². The van der Waals surface area contributed by atoms with Crippen LogP contribution >= 0.6 is 11.6 Å². The molecule has 0 aliphatic rings. The average molecular weight is 284 g/mol. The van der Waals surface area contributed by atoms with Crippen LogP contribution in [0.4, 0.5) is 5.82 Å². The normalized spacial score (nSPS) is 11.4. The zero-order chi connectivity index (χ0) is 14.6. The van der Waals surface area contributed by atoms with Gasteiger partial charge in [-0.2, -0.15) is 0 Å². The molecular formula is C15H26ClN3. The van der Waals surface area contributed by atoms with E-state index in [2.05, 4.69) is 42.6 Å². The van der Waals surface area contributed by atoms with Crippen molar-refractivity contribution >= 4 is 17.4 Å². The predicted molar refractivity (Wildman–Crippen MR) is 83.1 cm³/mol. The molecule has 0 fully saturated rings. The van der Waals surface area contributed by atoms with Crippen LogP contribution in [0.25, 0.3) is 0 Å².